The summed E-state index contributed by atoms with van der Waals surface area (Å²) in [4.78, 5) is 11.5. The van der Waals surface area contributed by atoms with Crippen LogP contribution >= 0.6 is 11.8 Å². The zero-order chi connectivity index (χ0) is 23.1. The lowest BCUT2D eigenvalue weighted by atomic mass is 9.84. The summed E-state index contributed by atoms with van der Waals surface area (Å²) >= 11 is 1.48. The molecule has 0 radical (unpaired) electrons. The molecule has 0 heterocycles. The zero-order valence-corrected chi connectivity index (χ0v) is 19.1. The van der Waals surface area contributed by atoms with Crippen molar-refractivity contribution in [3.8, 4) is 17.2 Å². The molecule has 0 saturated carbocycles. The molecule has 0 aliphatic carbocycles. The van der Waals surface area contributed by atoms with Crippen LogP contribution in [-0.2, 0) is 9.54 Å². The molecule has 6 nitrogen and oxygen atoms in total. The van der Waals surface area contributed by atoms with Gasteiger partial charge in [0.05, 0.1) is 26.1 Å². The first-order valence-corrected chi connectivity index (χ1v) is 11.0. The number of carboxylic acid groups (broad SMARTS) is 1. The summed E-state index contributed by atoms with van der Waals surface area (Å²) < 4.78 is 15.3. The van der Waals surface area contributed by atoms with Crippen molar-refractivity contribution in [1.29, 1.82) is 0 Å². The van der Waals surface area contributed by atoms with Crippen LogP contribution in [0.1, 0.15) is 16.7 Å². The van der Waals surface area contributed by atoms with Crippen LogP contribution < -0.4 is 19.9 Å². The molecule has 7 heteroatoms. The molecule has 3 rings (SSSR count). The lowest BCUT2D eigenvalue weighted by Crippen LogP contribution is -2.36. The first-order chi connectivity index (χ1) is 15.4. The van der Waals surface area contributed by atoms with Gasteiger partial charge in [-0.05, 0) is 53.1 Å². The standard InChI is InChI=1S/C25H27NO5S/c1-29-20-10-4-17(5-11-20)25(32-16-23(26)24(27)28,18-6-12-21(30-2)13-7-18)19-8-14-22(31-3)15-9-19/h4-15,23H,16,26H2,1-3H3,(H,27,28). The molecule has 0 aliphatic heterocycles. The Bertz CT molecular complexity index is 904. The molecule has 168 valence electrons. The van der Waals surface area contributed by atoms with Gasteiger partial charge in [-0.15, -0.1) is 11.8 Å². The Labute approximate surface area is 192 Å². The number of carbonyl (C=O) groups is 1. The topological polar surface area (TPSA) is 91.0 Å². The van der Waals surface area contributed by atoms with Gasteiger partial charge in [0, 0.05) is 5.75 Å². The highest BCUT2D eigenvalue weighted by Gasteiger charge is 2.38. The molecule has 0 aliphatic rings. The van der Waals surface area contributed by atoms with E-state index in [0.29, 0.717) is 0 Å². The van der Waals surface area contributed by atoms with Crippen molar-refractivity contribution in [3.63, 3.8) is 0 Å². The fourth-order valence-electron chi connectivity index (χ4n) is 3.51. The van der Waals surface area contributed by atoms with E-state index in [2.05, 4.69) is 0 Å². The van der Waals surface area contributed by atoms with Crippen LogP contribution in [0.25, 0.3) is 0 Å². The SMILES string of the molecule is COc1ccc(C(SCC(N)C(=O)O)(c2ccc(OC)cc2)c2ccc(OC)cc2)cc1. The van der Waals surface area contributed by atoms with Gasteiger partial charge >= 0.3 is 5.97 Å². The van der Waals surface area contributed by atoms with Crippen LogP contribution in [0.5, 0.6) is 17.2 Å². The van der Waals surface area contributed by atoms with Gasteiger partial charge in [-0.3, -0.25) is 4.79 Å². The minimum Gasteiger partial charge on any atom is -0.497 e. The quantitative estimate of drug-likeness (QED) is 0.446. The van der Waals surface area contributed by atoms with Gasteiger partial charge in [-0.1, -0.05) is 36.4 Å². The number of carboxylic acids is 1. The van der Waals surface area contributed by atoms with E-state index < -0.39 is 16.8 Å². The van der Waals surface area contributed by atoms with Crippen molar-refractivity contribution in [1.82, 2.24) is 0 Å². The molecule has 0 amide bonds. The molecule has 32 heavy (non-hydrogen) atoms. The third kappa shape index (κ3) is 4.84. The third-order valence-corrected chi connectivity index (χ3v) is 6.95. The van der Waals surface area contributed by atoms with Crippen LogP contribution in [0, 0.1) is 0 Å². The van der Waals surface area contributed by atoms with Crippen molar-refractivity contribution in [2.75, 3.05) is 27.1 Å². The number of thioether (sulfide) groups is 1. The summed E-state index contributed by atoms with van der Waals surface area (Å²) in [5, 5.41) is 9.41. The number of benzene rings is 3. The van der Waals surface area contributed by atoms with Crippen molar-refractivity contribution in [3.05, 3.63) is 89.5 Å². The van der Waals surface area contributed by atoms with Gasteiger partial charge in [0.1, 0.15) is 23.3 Å². The largest absolute Gasteiger partial charge is 0.497 e. The Balaban J connectivity index is 2.23. The maximum atomic E-state index is 11.5. The molecule has 0 aromatic heterocycles. The first-order valence-electron chi connectivity index (χ1n) is 10.0. The molecule has 3 aromatic carbocycles. The van der Waals surface area contributed by atoms with Gasteiger partial charge < -0.3 is 25.1 Å². The number of rotatable bonds is 10. The summed E-state index contributed by atoms with van der Waals surface area (Å²) in [7, 11) is 4.86. The van der Waals surface area contributed by atoms with Gasteiger partial charge in [-0.25, -0.2) is 0 Å². The molecule has 3 aromatic rings. The fraction of sp³-hybridized carbons (Fsp3) is 0.240. The van der Waals surface area contributed by atoms with E-state index in [-0.39, 0.29) is 5.75 Å². The average Bonchev–Trinajstić information content (AvgIpc) is 2.85. The molecule has 0 bridgehead atoms. The van der Waals surface area contributed by atoms with Crippen LogP contribution in [0.15, 0.2) is 72.8 Å². The number of hydrogen-bond donors (Lipinski definition) is 2. The van der Waals surface area contributed by atoms with Crippen LogP contribution in [0.4, 0.5) is 0 Å². The molecule has 0 spiro atoms. The van der Waals surface area contributed by atoms with Gasteiger partial charge in [0.2, 0.25) is 0 Å². The second-order valence-corrected chi connectivity index (χ2v) is 8.36. The molecular weight excluding hydrogens is 426 g/mol. The molecule has 1 unspecified atom stereocenters. The number of aliphatic carboxylic acids is 1. The first kappa shape index (κ1) is 23.5. The third-order valence-electron chi connectivity index (χ3n) is 5.29. The number of nitrogens with two attached hydrogens (primary N) is 1. The van der Waals surface area contributed by atoms with Crippen molar-refractivity contribution < 1.29 is 24.1 Å². The van der Waals surface area contributed by atoms with E-state index in [9.17, 15) is 9.90 Å². The summed E-state index contributed by atoms with van der Waals surface area (Å²) in [6.45, 7) is 0. The summed E-state index contributed by atoms with van der Waals surface area (Å²) in [6, 6.07) is 22.3. The zero-order valence-electron chi connectivity index (χ0n) is 18.3. The van der Waals surface area contributed by atoms with E-state index >= 15 is 0 Å². The monoisotopic (exact) mass is 453 g/mol. The van der Waals surface area contributed by atoms with Crippen molar-refractivity contribution >= 4 is 17.7 Å². The molecular formula is C25H27NO5S. The second-order valence-electron chi connectivity index (χ2n) is 7.12. The molecule has 0 fully saturated rings. The predicted octanol–water partition coefficient (Wildman–Crippen LogP) is 4.15. The summed E-state index contributed by atoms with van der Waals surface area (Å²) in [6.07, 6.45) is 0. The Morgan fingerprint density at radius 2 is 1.09 bits per heavy atom. The van der Waals surface area contributed by atoms with Gasteiger partial charge in [0.25, 0.3) is 0 Å². The van der Waals surface area contributed by atoms with Gasteiger partial charge in [0.15, 0.2) is 0 Å². The van der Waals surface area contributed by atoms with Gasteiger partial charge in [-0.2, -0.15) is 0 Å². The Kier molecular flexibility index (Phi) is 7.66. The number of hydrogen-bond acceptors (Lipinski definition) is 6. The van der Waals surface area contributed by atoms with Crippen LogP contribution in [0.3, 0.4) is 0 Å². The van der Waals surface area contributed by atoms with Crippen LogP contribution in [0.2, 0.25) is 0 Å². The van der Waals surface area contributed by atoms with Crippen LogP contribution in [-0.4, -0.2) is 44.2 Å². The Morgan fingerprint density at radius 3 is 1.34 bits per heavy atom. The molecule has 1 atom stereocenters. The number of methoxy groups -OCH3 is 3. The van der Waals surface area contributed by atoms with E-state index in [0.717, 1.165) is 33.9 Å². The maximum Gasteiger partial charge on any atom is 0.321 e. The lowest BCUT2D eigenvalue weighted by Gasteiger charge is -2.36. The molecule has 0 saturated heterocycles. The van der Waals surface area contributed by atoms with E-state index in [4.69, 9.17) is 19.9 Å². The summed E-state index contributed by atoms with van der Waals surface area (Å²) in [5.74, 6) is 1.38. The van der Waals surface area contributed by atoms with Crippen molar-refractivity contribution in [2.45, 2.75) is 10.8 Å². The predicted molar refractivity (Wildman–Crippen MR) is 127 cm³/mol. The maximum absolute atomic E-state index is 11.5. The smallest absolute Gasteiger partial charge is 0.321 e. The second kappa shape index (κ2) is 10.4. The highest BCUT2D eigenvalue weighted by Crippen LogP contribution is 2.49. The van der Waals surface area contributed by atoms with E-state index in [1.807, 2.05) is 72.8 Å². The average molecular weight is 454 g/mol. The Morgan fingerprint density at radius 1 is 0.781 bits per heavy atom. The minimum absolute atomic E-state index is 0.208. The fourth-order valence-corrected chi connectivity index (χ4v) is 4.99. The lowest BCUT2D eigenvalue weighted by molar-refractivity contribution is -0.137. The van der Waals surface area contributed by atoms with E-state index in [1.54, 1.807) is 21.3 Å². The molecule has 3 N–H and O–H groups in total. The van der Waals surface area contributed by atoms with Crippen molar-refractivity contribution in [2.24, 2.45) is 5.73 Å². The van der Waals surface area contributed by atoms with E-state index in [1.165, 1.54) is 11.8 Å². The number of ether oxygens (including phenoxy) is 3. The highest BCUT2D eigenvalue weighted by molar-refractivity contribution is 8.00. The highest BCUT2D eigenvalue weighted by atomic mass is 32.2. The minimum atomic E-state index is -1.04. The Hall–Kier alpha value is -3.16. The normalized spacial score (nSPS) is 12.1. The summed E-state index contributed by atoms with van der Waals surface area (Å²) in [5.41, 5.74) is 8.82.